The molecule has 14 heavy (non-hydrogen) atoms. The zero-order chi connectivity index (χ0) is 11.0. The van der Waals surface area contributed by atoms with Gasteiger partial charge < -0.3 is 9.84 Å². The van der Waals surface area contributed by atoms with Crippen molar-refractivity contribution in [3.05, 3.63) is 30.3 Å². The Labute approximate surface area is 90.0 Å². The first-order chi connectivity index (χ1) is 6.52. The number of carbonyl (C=O) groups excluding carboxylic acids is 1. The van der Waals surface area contributed by atoms with Crippen molar-refractivity contribution < 1.29 is 19.4 Å². The lowest BCUT2D eigenvalue weighted by molar-refractivity contribution is 0.220. The standard InChI is InChI=1S/C7H5ClO2.CHClO2/c8-7(9)10-6-4-2-1-3-5-6;2-1(3)4/h1-5H;(H,3,4). The van der Waals surface area contributed by atoms with Gasteiger partial charge in [-0.2, -0.15) is 0 Å². The third-order valence-electron chi connectivity index (χ3n) is 0.941. The van der Waals surface area contributed by atoms with E-state index in [9.17, 15) is 4.79 Å². The number of ether oxygens (including phenoxy) is 1. The van der Waals surface area contributed by atoms with Gasteiger partial charge in [-0.05, 0) is 12.1 Å². The SMILES string of the molecule is O=C(Cl)Oc1ccccc1.O=C(O)Cl. The molecular weight excluding hydrogens is 231 g/mol. The van der Waals surface area contributed by atoms with E-state index in [1.165, 1.54) is 0 Å². The maximum absolute atomic E-state index is 10.2. The first kappa shape index (κ1) is 12.7. The first-order valence-corrected chi connectivity index (χ1v) is 4.08. The van der Waals surface area contributed by atoms with E-state index in [-0.39, 0.29) is 0 Å². The van der Waals surface area contributed by atoms with Crippen LogP contribution < -0.4 is 4.74 Å². The van der Waals surface area contributed by atoms with Crippen LogP contribution in [-0.4, -0.2) is 16.0 Å². The molecule has 1 aromatic rings. The van der Waals surface area contributed by atoms with Gasteiger partial charge in [-0.1, -0.05) is 18.2 Å². The second-order valence-electron chi connectivity index (χ2n) is 1.91. The van der Waals surface area contributed by atoms with Crippen molar-refractivity contribution in [3.8, 4) is 5.75 Å². The number of benzene rings is 1. The van der Waals surface area contributed by atoms with Crippen LogP contribution in [0.5, 0.6) is 5.75 Å². The van der Waals surface area contributed by atoms with E-state index in [2.05, 4.69) is 16.3 Å². The van der Waals surface area contributed by atoms with Crippen molar-refractivity contribution >= 4 is 34.1 Å². The second-order valence-corrected chi connectivity index (χ2v) is 2.54. The molecule has 0 radical (unpaired) electrons. The fourth-order valence-corrected chi connectivity index (χ4v) is 0.670. The molecule has 0 amide bonds. The van der Waals surface area contributed by atoms with Crippen LogP contribution in [0.1, 0.15) is 0 Å². The van der Waals surface area contributed by atoms with E-state index in [1.54, 1.807) is 24.3 Å². The van der Waals surface area contributed by atoms with Gasteiger partial charge in [0.1, 0.15) is 5.75 Å². The van der Waals surface area contributed by atoms with Crippen molar-refractivity contribution in [2.45, 2.75) is 0 Å². The lowest BCUT2D eigenvalue weighted by atomic mass is 10.3. The summed E-state index contributed by atoms with van der Waals surface area (Å²) in [6, 6.07) is 8.65. The minimum atomic E-state index is -1.36. The number of para-hydroxylation sites is 1. The molecule has 6 heteroatoms. The molecule has 0 fully saturated rings. The lowest BCUT2D eigenvalue weighted by Crippen LogP contribution is -1.94. The summed E-state index contributed by atoms with van der Waals surface area (Å²) in [5.41, 5.74) is -2.17. The lowest BCUT2D eigenvalue weighted by Gasteiger charge is -1.95. The van der Waals surface area contributed by atoms with Gasteiger partial charge in [0, 0.05) is 23.2 Å². The van der Waals surface area contributed by atoms with E-state index in [0.717, 1.165) is 0 Å². The molecule has 0 bridgehead atoms. The summed E-state index contributed by atoms with van der Waals surface area (Å²) in [5, 5.41) is 7.18. The predicted molar refractivity (Wildman–Crippen MR) is 52.2 cm³/mol. The van der Waals surface area contributed by atoms with Gasteiger partial charge in [-0.3, -0.25) is 0 Å². The Morgan fingerprint density at radius 3 is 1.93 bits per heavy atom. The highest BCUT2D eigenvalue weighted by Gasteiger charge is 1.95. The molecule has 1 rings (SSSR count). The zero-order valence-electron chi connectivity index (χ0n) is 6.81. The number of hydrogen-bond acceptors (Lipinski definition) is 3. The summed E-state index contributed by atoms with van der Waals surface area (Å²) < 4.78 is 4.54. The van der Waals surface area contributed by atoms with Gasteiger partial charge in [0.15, 0.2) is 0 Å². The second kappa shape index (κ2) is 7.17. The van der Waals surface area contributed by atoms with Crippen molar-refractivity contribution in [1.82, 2.24) is 0 Å². The molecule has 1 N–H and O–H groups in total. The highest BCUT2D eigenvalue weighted by atomic mass is 35.5. The van der Waals surface area contributed by atoms with Crippen LogP contribution in [0, 0.1) is 0 Å². The van der Waals surface area contributed by atoms with E-state index in [1.807, 2.05) is 6.07 Å². The van der Waals surface area contributed by atoms with Crippen LogP contribution in [0.25, 0.3) is 0 Å². The third kappa shape index (κ3) is 8.83. The van der Waals surface area contributed by atoms with Crippen molar-refractivity contribution in [2.24, 2.45) is 0 Å². The van der Waals surface area contributed by atoms with Crippen molar-refractivity contribution in [1.29, 1.82) is 0 Å². The fourth-order valence-electron chi connectivity index (χ4n) is 0.581. The third-order valence-corrected chi connectivity index (χ3v) is 1.02. The number of carboxylic acid groups (broad SMARTS) is 1. The largest absolute Gasteiger partial charge is 0.469 e. The summed E-state index contributed by atoms with van der Waals surface area (Å²) in [6.07, 6.45) is 0. The van der Waals surface area contributed by atoms with Gasteiger partial charge in [-0.15, -0.1) is 0 Å². The Balaban J connectivity index is 0.000000364. The molecule has 4 nitrogen and oxygen atoms in total. The first-order valence-electron chi connectivity index (χ1n) is 3.33. The maximum Gasteiger partial charge on any atom is 0.409 e. The molecule has 0 aliphatic rings. The molecule has 0 aliphatic heterocycles. The van der Waals surface area contributed by atoms with Crippen molar-refractivity contribution in [3.63, 3.8) is 0 Å². The molecule has 0 atom stereocenters. The van der Waals surface area contributed by atoms with Crippen molar-refractivity contribution in [2.75, 3.05) is 0 Å². The topological polar surface area (TPSA) is 63.6 Å². The normalized spacial score (nSPS) is 8.14. The fraction of sp³-hybridized carbons (Fsp3) is 0. The quantitative estimate of drug-likeness (QED) is 0.760. The summed E-state index contributed by atoms with van der Waals surface area (Å²) >= 11 is 9.14. The predicted octanol–water partition coefficient (Wildman–Crippen LogP) is 3.33. The number of carbonyl (C=O) groups is 2. The Morgan fingerprint density at radius 2 is 1.57 bits per heavy atom. The Kier molecular flexibility index (Phi) is 6.53. The summed E-state index contributed by atoms with van der Waals surface area (Å²) in [4.78, 5) is 18.9. The van der Waals surface area contributed by atoms with Gasteiger partial charge >= 0.3 is 10.9 Å². The smallest absolute Gasteiger partial charge is 0.409 e. The van der Waals surface area contributed by atoms with Crippen LogP contribution in [0.2, 0.25) is 0 Å². The summed E-state index contributed by atoms with van der Waals surface area (Å²) in [5.74, 6) is 0.461. The Hall–Kier alpha value is -1.26. The van der Waals surface area contributed by atoms with Crippen LogP contribution in [-0.2, 0) is 0 Å². The van der Waals surface area contributed by atoms with E-state index < -0.39 is 10.9 Å². The molecule has 0 saturated heterocycles. The van der Waals surface area contributed by atoms with E-state index >= 15 is 0 Å². The van der Waals surface area contributed by atoms with Crippen LogP contribution in [0.4, 0.5) is 9.59 Å². The average Bonchev–Trinajstić information content (AvgIpc) is 2.03. The minimum Gasteiger partial charge on any atom is -0.469 e. The van der Waals surface area contributed by atoms with Gasteiger partial charge in [0.2, 0.25) is 0 Å². The molecule has 0 unspecified atom stereocenters. The molecule has 0 aromatic heterocycles. The maximum atomic E-state index is 10.2. The molecule has 0 saturated carbocycles. The number of halogens is 2. The molecule has 1 aromatic carbocycles. The molecular formula is C8H6Cl2O4. The van der Waals surface area contributed by atoms with Crippen LogP contribution in [0.15, 0.2) is 30.3 Å². The van der Waals surface area contributed by atoms with Gasteiger partial charge in [0.25, 0.3) is 0 Å². The average molecular weight is 237 g/mol. The summed E-state index contributed by atoms with van der Waals surface area (Å²) in [7, 11) is 0. The highest BCUT2D eigenvalue weighted by molar-refractivity contribution is 6.61. The highest BCUT2D eigenvalue weighted by Crippen LogP contribution is 2.09. The summed E-state index contributed by atoms with van der Waals surface area (Å²) in [6.45, 7) is 0. The van der Waals surface area contributed by atoms with Crippen LogP contribution >= 0.6 is 23.2 Å². The molecule has 76 valence electrons. The van der Waals surface area contributed by atoms with Crippen LogP contribution in [0.3, 0.4) is 0 Å². The van der Waals surface area contributed by atoms with Gasteiger partial charge in [0.05, 0.1) is 0 Å². The zero-order valence-corrected chi connectivity index (χ0v) is 8.33. The van der Waals surface area contributed by atoms with Gasteiger partial charge in [-0.25, -0.2) is 9.59 Å². The molecule has 0 heterocycles. The number of rotatable bonds is 1. The molecule has 0 spiro atoms. The Bertz CT molecular complexity index is 295. The minimum absolute atomic E-state index is 0.461. The monoisotopic (exact) mass is 236 g/mol. The Morgan fingerprint density at radius 1 is 1.14 bits per heavy atom. The van der Waals surface area contributed by atoms with E-state index in [0.29, 0.717) is 5.75 Å². The van der Waals surface area contributed by atoms with E-state index in [4.69, 9.17) is 21.5 Å². The molecule has 0 aliphatic carbocycles. The number of hydrogen-bond donors (Lipinski definition) is 1.